The number of benzene rings is 1. The summed E-state index contributed by atoms with van der Waals surface area (Å²) in [6.45, 7) is 9.89. The van der Waals surface area contributed by atoms with Crippen LogP contribution in [-0.4, -0.2) is 17.7 Å². The minimum absolute atomic E-state index is 0.367. The first-order valence-electron chi connectivity index (χ1n) is 7.67. The first-order chi connectivity index (χ1) is 9.81. The van der Waals surface area contributed by atoms with Crippen molar-refractivity contribution < 1.29 is 9.53 Å². The lowest BCUT2D eigenvalue weighted by atomic mass is 10.1. The van der Waals surface area contributed by atoms with E-state index in [0.717, 1.165) is 17.8 Å². The standard InChI is InChI=1S/C17H28N2O2/c1-6-7-10-13(2)18-14-11-8-9-12-15(14)19-16(20)21-17(3,4)5/h8-9,11-13,18H,6-7,10H2,1-5H3,(H,19,20). The molecular weight excluding hydrogens is 264 g/mol. The number of anilines is 2. The molecule has 4 nitrogen and oxygen atoms in total. The number of rotatable bonds is 6. The molecular formula is C17H28N2O2. The zero-order valence-corrected chi connectivity index (χ0v) is 13.8. The molecule has 0 radical (unpaired) electrons. The maximum atomic E-state index is 11.9. The van der Waals surface area contributed by atoms with Crippen LogP contribution in [0.5, 0.6) is 0 Å². The van der Waals surface area contributed by atoms with E-state index >= 15 is 0 Å². The third kappa shape index (κ3) is 7.02. The number of unbranched alkanes of at least 4 members (excludes halogenated alkanes) is 1. The molecule has 2 N–H and O–H groups in total. The molecule has 0 aliphatic rings. The highest BCUT2D eigenvalue weighted by atomic mass is 16.6. The molecule has 0 heterocycles. The largest absolute Gasteiger partial charge is 0.444 e. The van der Waals surface area contributed by atoms with Crippen molar-refractivity contribution in [3.05, 3.63) is 24.3 Å². The van der Waals surface area contributed by atoms with Crippen molar-refractivity contribution in [2.24, 2.45) is 0 Å². The summed E-state index contributed by atoms with van der Waals surface area (Å²) in [6.07, 6.45) is 3.05. The zero-order valence-electron chi connectivity index (χ0n) is 13.8. The van der Waals surface area contributed by atoms with Crippen molar-refractivity contribution in [2.45, 2.75) is 65.5 Å². The molecule has 0 spiro atoms. The summed E-state index contributed by atoms with van der Waals surface area (Å²) in [7, 11) is 0. The highest BCUT2D eigenvalue weighted by Gasteiger charge is 2.17. The van der Waals surface area contributed by atoms with Crippen molar-refractivity contribution in [3.8, 4) is 0 Å². The molecule has 1 aromatic rings. The second-order valence-corrected chi connectivity index (χ2v) is 6.36. The van der Waals surface area contributed by atoms with Crippen LogP contribution in [0.15, 0.2) is 24.3 Å². The van der Waals surface area contributed by atoms with E-state index in [9.17, 15) is 4.79 Å². The Morgan fingerprint density at radius 2 is 1.86 bits per heavy atom. The molecule has 0 saturated heterocycles. The fraction of sp³-hybridized carbons (Fsp3) is 0.588. The lowest BCUT2D eigenvalue weighted by molar-refractivity contribution is 0.0636. The normalized spacial score (nSPS) is 12.6. The van der Waals surface area contributed by atoms with Gasteiger partial charge < -0.3 is 10.1 Å². The van der Waals surface area contributed by atoms with Gasteiger partial charge in [0.25, 0.3) is 0 Å². The number of nitrogens with one attached hydrogen (secondary N) is 2. The molecule has 0 bridgehead atoms. The minimum atomic E-state index is -0.499. The predicted molar refractivity (Wildman–Crippen MR) is 88.9 cm³/mol. The van der Waals surface area contributed by atoms with Crippen LogP contribution in [0.25, 0.3) is 0 Å². The molecule has 1 atom stereocenters. The Labute approximate surface area is 128 Å². The SMILES string of the molecule is CCCCC(C)Nc1ccccc1NC(=O)OC(C)(C)C. The molecule has 0 fully saturated rings. The molecule has 0 aliphatic heterocycles. The van der Waals surface area contributed by atoms with Crippen LogP contribution < -0.4 is 10.6 Å². The molecule has 1 aromatic carbocycles. The van der Waals surface area contributed by atoms with Crippen molar-refractivity contribution >= 4 is 17.5 Å². The average molecular weight is 292 g/mol. The Kier molecular flexibility index (Phi) is 6.53. The van der Waals surface area contributed by atoms with Gasteiger partial charge in [0.2, 0.25) is 0 Å². The summed E-state index contributed by atoms with van der Waals surface area (Å²) in [4.78, 5) is 11.9. The second kappa shape index (κ2) is 7.91. The van der Waals surface area contributed by atoms with E-state index in [4.69, 9.17) is 4.74 Å². The Bertz CT molecular complexity index is 452. The Morgan fingerprint density at radius 1 is 1.24 bits per heavy atom. The van der Waals surface area contributed by atoms with Crippen LogP contribution in [0, 0.1) is 0 Å². The third-order valence-electron chi connectivity index (χ3n) is 2.96. The van der Waals surface area contributed by atoms with Gasteiger partial charge in [0.15, 0.2) is 0 Å². The summed E-state index contributed by atoms with van der Waals surface area (Å²) >= 11 is 0. The lowest BCUT2D eigenvalue weighted by Gasteiger charge is -2.22. The summed E-state index contributed by atoms with van der Waals surface area (Å²) < 4.78 is 5.29. The lowest BCUT2D eigenvalue weighted by Crippen LogP contribution is -2.27. The quantitative estimate of drug-likeness (QED) is 0.773. The Morgan fingerprint density at radius 3 is 2.43 bits per heavy atom. The van der Waals surface area contributed by atoms with Crippen molar-refractivity contribution in [3.63, 3.8) is 0 Å². The van der Waals surface area contributed by atoms with E-state index in [0.29, 0.717) is 6.04 Å². The molecule has 118 valence electrons. The van der Waals surface area contributed by atoms with Gasteiger partial charge in [0, 0.05) is 6.04 Å². The fourth-order valence-electron chi connectivity index (χ4n) is 1.98. The Hall–Kier alpha value is -1.71. The zero-order chi connectivity index (χ0) is 15.9. The molecule has 1 unspecified atom stereocenters. The highest BCUT2D eigenvalue weighted by molar-refractivity contribution is 5.89. The van der Waals surface area contributed by atoms with Crippen LogP contribution in [-0.2, 0) is 4.74 Å². The maximum Gasteiger partial charge on any atom is 0.412 e. The van der Waals surface area contributed by atoms with E-state index < -0.39 is 11.7 Å². The smallest absolute Gasteiger partial charge is 0.412 e. The molecule has 0 aromatic heterocycles. The number of hydrogen-bond acceptors (Lipinski definition) is 3. The van der Waals surface area contributed by atoms with Gasteiger partial charge in [0.1, 0.15) is 5.60 Å². The van der Waals surface area contributed by atoms with Crippen LogP contribution >= 0.6 is 0 Å². The van der Waals surface area contributed by atoms with Crippen molar-refractivity contribution in [2.75, 3.05) is 10.6 Å². The van der Waals surface area contributed by atoms with Crippen molar-refractivity contribution in [1.82, 2.24) is 0 Å². The average Bonchev–Trinajstić information content (AvgIpc) is 2.36. The van der Waals surface area contributed by atoms with Crippen LogP contribution in [0.3, 0.4) is 0 Å². The summed E-state index contributed by atoms with van der Waals surface area (Å²) in [5.41, 5.74) is 1.17. The fourth-order valence-corrected chi connectivity index (χ4v) is 1.98. The van der Waals surface area contributed by atoms with Crippen LogP contribution in [0.1, 0.15) is 53.9 Å². The molecule has 21 heavy (non-hydrogen) atoms. The van der Waals surface area contributed by atoms with Gasteiger partial charge in [-0.25, -0.2) is 4.79 Å². The van der Waals surface area contributed by atoms with E-state index in [1.807, 2.05) is 45.0 Å². The number of para-hydroxylation sites is 2. The number of ether oxygens (including phenoxy) is 1. The monoisotopic (exact) mass is 292 g/mol. The number of carbonyl (C=O) groups excluding carboxylic acids is 1. The number of amides is 1. The van der Waals surface area contributed by atoms with E-state index in [2.05, 4.69) is 24.5 Å². The van der Waals surface area contributed by atoms with Gasteiger partial charge in [0.05, 0.1) is 11.4 Å². The first kappa shape index (κ1) is 17.3. The number of carbonyl (C=O) groups is 1. The predicted octanol–water partition coefficient (Wildman–Crippen LogP) is 5.02. The topological polar surface area (TPSA) is 50.4 Å². The molecule has 0 aliphatic carbocycles. The van der Waals surface area contributed by atoms with Crippen LogP contribution in [0.4, 0.5) is 16.2 Å². The van der Waals surface area contributed by atoms with E-state index in [1.54, 1.807) is 0 Å². The van der Waals surface area contributed by atoms with Gasteiger partial charge in [-0.3, -0.25) is 5.32 Å². The summed E-state index contributed by atoms with van der Waals surface area (Å²) in [5, 5.41) is 6.25. The molecule has 1 rings (SSSR count). The highest BCUT2D eigenvalue weighted by Crippen LogP contribution is 2.23. The molecule has 0 saturated carbocycles. The van der Waals surface area contributed by atoms with E-state index in [1.165, 1.54) is 12.8 Å². The van der Waals surface area contributed by atoms with Gasteiger partial charge in [-0.05, 0) is 46.2 Å². The van der Waals surface area contributed by atoms with Gasteiger partial charge in [-0.1, -0.05) is 31.9 Å². The molecule has 1 amide bonds. The Balaban J connectivity index is 2.68. The summed E-state index contributed by atoms with van der Waals surface area (Å²) in [5.74, 6) is 0. The van der Waals surface area contributed by atoms with Gasteiger partial charge in [-0.2, -0.15) is 0 Å². The summed E-state index contributed by atoms with van der Waals surface area (Å²) in [6, 6.07) is 8.06. The van der Waals surface area contributed by atoms with Gasteiger partial charge >= 0.3 is 6.09 Å². The second-order valence-electron chi connectivity index (χ2n) is 6.36. The van der Waals surface area contributed by atoms with Gasteiger partial charge in [-0.15, -0.1) is 0 Å². The maximum absolute atomic E-state index is 11.9. The van der Waals surface area contributed by atoms with Crippen LogP contribution in [0.2, 0.25) is 0 Å². The first-order valence-corrected chi connectivity index (χ1v) is 7.67. The molecule has 4 heteroatoms. The third-order valence-corrected chi connectivity index (χ3v) is 2.96. The minimum Gasteiger partial charge on any atom is -0.444 e. The van der Waals surface area contributed by atoms with E-state index in [-0.39, 0.29) is 0 Å². The van der Waals surface area contributed by atoms with Crippen molar-refractivity contribution in [1.29, 1.82) is 0 Å². The number of hydrogen-bond donors (Lipinski definition) is 2.